The molecule has 0 radical (unpaired) electrons. The van der Waals surface area contributed by atoms with Crippen molar-refractivity contribution >= 4 is 5.91 Å². The van der Waals surface area contributed by atoms with Gasteiger partial charge in [0.15, 0.2) is 0 Å². The molecule has 1 aliphatic carbocycles. The molecule has 1 aliphatic rings. The van der Waals surface area contributed by atoms with Crippen LogP contribution in [0.15, 0.2) is 48.5 Å². The lowest BCUT2D eigenvalue weighted by Crippen LogP contribution is -2.38. The van der Waals surface area contributed by atoms with Crippen molar-refractivity contribution in [2.24, 2.45) is 0 Å². The molecule has 144 valence electrons. The lowest BCUT2D eigenvalue weighted by atomic mass is 9.88. The molecule has 0 unspecified atom stereocenters. The molecular formula is C21H24F2N2O2. The number of amides is 1. The van der Waals surface area contributed by atoms with Gasteiger partial charge in [-0.05, 0) is 55.1 Å². The van der Waals surface area contributed by atoms with Crippen LogP contribution in [0.5, 0.6) is 5.75 Å². The van der Waals surface area contributed by atoms with Crippen molar-refractivity contribution in [3.8, 4) is 5.75 Å². The molecule has 0 saturated heterocycles. The molecule has 0 spiro atoms. The maximum Gasteiger partial charge on any atom is 0.387 e. The minimum absolute atomic E-state index is 0.0168. The summed E-state index contributed by atoms with van der Waals surface area (Å²) in [5.74, 6) is 0.113. The Morgan fingerprint density at radius 1 is 1.22 bits per heavy atom. The summed E-state index contributed by atoms with van der Waals surface area (Å²) in [6.45, 7) is -2.01. The maximum atomic E-state index is 12.4. The van der Waals surface area contributed by atoms with Gasteiger partial charge in [-0.3, -0.25) is 9.69 Å². The number of nitrogens with one attached hydrogen (secondary N) is 1. The normalized spacial score (nSPS) is 16.3. The summed E-state index contributed by atoms with van der Waals surface area (Å²) >= 11 is 0. The highest BCUT2D eigenvalue weighted by Gasteiger charge is 2.21. The zero-order valence-electron chi connectivity index (χ0n) is 15.3. The lowest BCUT2D eigenvalue weighted by molar-refractivity contribution is -0.122. The summed E-state index contributed by atoms with van der Waals surface area (Å²) in [5, 5.41) is 3.14. The van der Waals surface area contributed by atoms with Gasteiger partial charge in [0.05, 0.1) is 12.6 Å². The Kier molecular flexibility index (Phi) is 6.40. The monoisotopic (exact) mass is 374 g/mol. The molecule has 2 aromatic rings. The average molecular weight is 374 g/mol. The minimum atomic E-state index is -2.83. The smallest absolute Gasteiger partial charge is 0.387 e. The molecule has 1 amide bonds. The fourth-order valence-electron chi connectivity index (χ4n) is 3.53. The van der Waals surface area contributed by atoms with E-state index in [9.17, 15) is 13.6 Å². The zero-order valence-corrected chi connectivity index (χ0v) is 15.3. The van der Waals surface area contributed by atoms with Crippen LogP contribution >= 0.6 is 0 Å². The van der Waals surface area contributed by atoms with E-state index in [-0.39, 0.29) is 24.2 Å². The van der Waals surface area contributed by atoms with Crippen LogP contribution in [0.4, 0.5) is 8.78 Å². The van der Waals surface area contributed by atoms with Crippen molar-refractivity contribution in [1.82, 2.24) is 10.2 Å². The standard InChI is InChI=1S/C21H24F2N2O2/c1-25(13-15-9-11-17(12-10-15)27-21(22)23)14-20(26)24-19-8-4-6-16-5-2-3-7-18(16)19/h2-3,5,7,9-12,19,21H,4,6,8,13-14H2,1H3,(H,24,26)/t19-/m1/s1. The van der Waals surface area contributed by atoms with Crippen molar-refractivity contribution in [3.05, 3.63) is 65.2 Å². The fraction of sp³-hybridized carbons (Fsp3) is 0.381. The van der Waals surface area contributed by atoms with Gasteiger partial charge in [-0.1, -0.05) is 36.4 Å². The molecular weight excluding hydrogens is 350 g/mol. The number of aryl methyl sites for hydroxylation is 1. The van der Waals surface area contributed by atoms with Crippen LogP contribution < -0.4 is 10.1 Å². The fourth-order valence-corrected chi connectivity index (χ4v) is 3.53. The Hall–Kier alpha value is -2.47. The number of halogens is 2. The van der Waals surface area contributed by atoms with Gasteiger partial charge in [0.25, 0.3) is 0 Å². The van der Waals surface area contributed by atoms with Crippen LogP contribution in [0.1, 0.15) is 35.6 Å². The second kappa shape index (κ2) is 8.95. The quantitative estimate of drug-likeness (QED) is 0.799. The minimum Gasteiger partial charge on any atom is -0.435 e. The van der Waals surface area contributed by atoms with Gasteiger partial charge in [0, 0.05) is 6.54 Å². The molecule has 0 aliphatic heterocycles. The number of benzene rings is 2. The predicted octanol–water partition coefficient (Wildman–Crippen LogP) is 3.91. The highest BCUT2D eigenvalue weighted by atomic mass is 19.3. The molecule has 4 nitrogen and oxygen atoms in total. The lowest BCUT2D eigenvalue weighted by Gasteiger charge is -2.27. The van der Waals surface area contributed by atoms with Gasteiger partial charge in [-0.15, -0.1) is 0 Å². The predicted molar refractivity (Wildman–Crippen MR) is 99.7 cm³/mol. The van der Waals surface area contributed by atoms with Gasteiger partial charge in [-0.25, -0.2) is 0 Å². The molecule has 1 N–H and O–H groups in total. The Morgan fingerprint density at radius 2 is 1.96 bits per heavy atom. The van der Waals surface area contributed by atoms with Crippen molar-refractivity contribution in [2.45, 2.75) is 38.5 Å². The highest BCUT2D eigenvalue weighted by molar-refractivity contribution is 5.78. The third-order valence-electron chi connectivity index (χ3n) is 4.72. The van der Waals surface area contributed by atoms with E-state index in [1.807, 2.05) is 24.1 Å². The number of rotatable bonds is 7. The van der Waals surface area contributed by atoms with Crippen LogP contribution in [0.25, 0.3) is 0 Å². The number of hydrogen-bond donors (Lipinski definition) is 1. The van der Waals surface area contributed by atoms with Crippen LogP contribution in [-0.2, 0) is 17.8 Å². The van der Waals surface area contributed by atoms with Gasteiger partial charge < -0.3 is 10.1 Å². The van der Waals surface area contributed by atoms with E-state index in [0.717, 1.165) is 24.8 Å². The number of likely N-dealkylation sites (N-methyl/N-ethyl adjacent to an activating group) is 1. The van der Waals surface area contributed by atoms with Crippen molar-refractivity contribution in [2.75, 3.05) is 13.6 Å². The summed E-state index contributed by atoms with van der Waals surface area (Å²) in [6, 6.07) is 14.8. The maximum absolute atomic E-state index is 12.4. The number of alkyl halides is 2. The summed E-state index contributed by atoms with van der Waals surface area (Å²) in [4.78, 5) is 14.3. The molecule has 0 bridgehead atoms. The third-order valence-corrected chi connectivity index (χ3v) is 4.72. The Balaban J connectivity index is 1.51. The number of carbonyl (C=O) groups is 1. The Morgan fingerprint density at radius 3 is 2.70 bits per heavy atom. The van der Waals surface area contributed by atoms with E-state index in [4.69, 9.17) is 0 Å². The molecule has 2 aromatic carbocycles. The van der Waals surface area contributed by atoms with E-state index in [1.54, 1.807) is 12.1 Å². The van der Waals surface area contributed by atoms with Crippen LogP contribution in [0, 0.1) is 0 Å². The first-order valence-corrected chi connectivity index (χ1v) is 9.11. The molecule has 1 atom stereocenters. The van der Waals surface area contributed by atoms with Crippen molar-refractivity contribution in [1.29, 1.82) is 0 Å². The molecule has 27 heavy (non-hydrogen) atoms. The summed E-state index contributed by atoms with van der Waals surface area (Å²) < 4.78 is 28.7. The first-order valence-electron chi connectivity index (χ1n) is 9.11. The third kappa shape index (κ3) is 5.50. The van der Waals surface area contributed by atoms with Gasteiger partial charge in [0.2, 0.25) is 5.91 Å². The largest absolute Gasteiger partial charge is 0.435 e. The van der Waals surface area contributed by atoms with E-state index in [1.165, 1.54) is 23.3 Å². The van der Waals surface area contributed by atoms with Crippen molar-refractivity contribution < 1.29 is 18.3 Å². The SMILES string of the molecule is CN(CC(=O)N[C@@H]1CCCc2ccccc21)Cc1ccc(OC(F)F)cc1. The van der Waals surface area contributed by atoms with E-state index >= 15 is 0 Å². The molecule has 0 fully saturated rings. The Bertz CT molecular complexity index is 765. The van der Waals surface area contributed by atoms with Gasteiger partial charge in [-0.2, -0.15) is 8.78 Å². The van der Waals surface area contributed by atoms with Crippen LogP contribution in [0.3, 0.4) is 0 Å². The van der Waals surface area contributed by atoms with Gasteiger partial charge >= 0.3 is 6.61 Å². The first-order chi connectivity index (χ1) is 13.0. The second-order valence-corrected chi connectivity index (χ2v) is 6.91. The number of fused-ring (bicyclic) bond motifs is 1. The van der Waals surface area contributed by atoms with Crippen LogP contribution in [-0.4, -0.2) is 31.0 Å². The summed E-state index contributed by atoms with van der Waals surface area (Å²) in [5.41, 5.74) is 3.46. The zero-order chi connectivity index (χ0) is 19.2. The van der Waals surface area contributed by atoms with Crippen molar-refractivity contribution in [3.63, 3.8) is 0 Å². The number of ether oxygens (including phenoxy) is 1. The molecule has 6 heteroatoms. The topological polar surface area (TPSA) is 41.6 Å². The Labute approximate surface area is 158 Å². The average Bonchev–Trinajstić information content (AvgIpc) is 2.63. The second-order valence-electron chi connectivity index (χ2n) is 6.91. The summed E-state index contributed by atoms with van der Waals surface area (Å²) in [6.07, 6.45) is 3.09. The summed E-state index contributed by atoms with van der Waals surface area (Å²) in [7, 11) is 1.86. The number of hydrogen-bond acceptors (Lipinski definition) is 3. The molecule has 0 saturated carbocycles. The number of carbonyl (C=O) groups excluding carboxylic acids is 1. The molecule has 0 heterocycles. The first kappa shape index (κ1) is 19.3. The van der Waals surface area contributed by atoms with E-state index in [2.05, 4.69) is 22.2 Å². The highest BCUT2D eigenvalue weighted by Crippen LogP contribution is 2.29. The molecule has 3 rings (SSSR count). The van der Waals surface area contributed by atoms with E-state index < -0.39 is 6.61 Å². The molecule has 0 aromatic heterocycles. The van der Waals surface area contributed by atoms with Crippen LogP contribution in [0.2, 0.25) is 0 Å². The van der Waals surface area contributed by atoms with Gasteiger partial charge in [0.1, 0.15) is 5.75 Å². The van der Waals surface area contributed by atoms with E-state index in [0.29, 0.717) is 6.54 Å². The number of nitrogens with zero attached hydrogens (tertiary/aromatic N) is 1.